The molecule has 5 heterocycles. The molecule has 0 saturated carbocycles. The molecule has 6 rings (SSSR count). The Labute approximate surface area is 204 Å². The van der Waals surface area contributed by atoms with E-state index in [1.807, 2.05) is 0 Å². The average Bonchev–Trinajstić information content (AvgIpc) is 3.44. The summed E-state index contributed by atoms with van der Waals surface area (Å²) in [4.78, 5) is 25.5. The van der Waals surface area contributed by atoms with Crippen molar-refractivity contribution in [3.05, 3.63) is 36.0 Å². The summed E-state index contributed by atoms with van der Waals surface area (Å²) in [5.74, 6) is 0.920. The molecule has 0 spiro atoms. The van der Waals surface area contributed by atoms with E-state index in [1.54, 1.807) is 12.3 Å². The first kappa shape index (κ1) is 23.0. The van der Waals surface area contributed by atoms with Crippen LogP contribution in [0.15, 0.2) is 30.5 Å². The molecule has 0 unspecified atom stereocenters. The van der Waals surface area contributed by atoms with Crippen molar-refractivity contribution in [2.24, 2.45) is 0 Å². The number of carbonyl (C=O) groups is 1. The summed E-state index contributed by atoms with van der Waals surface area (Å²) in [6.45, 7) is 5.21. The number of benzene rings is 1. The van der Waals surface area contributed by atoms with Gasteiger partial charge < -0.3 is 20.3 Å². The van der Waals surface area contributed by atoms with Crippen molar-refractivity contribution in [3.8, 4) is 5.69 Å². The van der Waals surface area contributed by atoms with Gasteiger partial charge in [-0.15, -0.1) is 0 Å². The molecule has 3 fully saturated rings. The van der Waals surface area contributed by atoms with E-state index < -0.39 is 11.7 Å². The Balaban J connectivity index is 1.35. The first-order valence-electron chi connectivity index (χ1n) is 11.9. The van der Waals surface area contributed by atoms with Crippen LogP contribution < -0.4 is 15.5 Å². The zero-order valence-corrected chi connectivity index (χ0v) is 19.3. The number of hydrogen-bond acceptors (Lipinski definition) is 8. The van der Waals surface area contributed by atoms with Crippen LogP contribution in [0.4, 0.5) is 24.9 Å². The maximum Gasteiger partial charge on any atom is 0.416 e. The van der Waals surface area contributed by atoms with E-state index in [0.29, 0.717) is 41.8 Å². The van der Waals surface area contributed by atoms with Gasteiger partial charge in [-0.2, -0.15) is 28.2 Å². The number of nitrogens with one attached hydrogen (secondary N) is 2. The number of rotatable bonds is 5. The molecule has 1 aromatic carbocycles. The van der Waals surface area contributed by atoms with Gasteiger partial charge in [0.05, 0.1) is 42.1 Å². The first-order chi connectivity index (χ1) is 17.3. The van der Waals surface area contributed by atoms with Crippen molar-refractivity contribution in [1.82, 2.24) is 30.0 Å². The molecule has 3 aliphatic heterocycles. The van der Waals surface area contributed by atoms with Crippen molar-refractivity contribution < 1.29 is 22.7 Å². The number of nitrogens with zero attached hydrogens (tertiary/aromatic N) is 6. The molecule has 0 aliphatic carbocycles. The Kier molecular flexibility index (Phi) is 5.67. The Morgan fingerprint density at radius 1 is 1.14 bits per heavy atom. The highest BCUT2D eigenvalue weighted by Gasteiger charge is 2.35. The molecular formula is C23H25F3N8O2. The van der Waals surface area contributed by atoms with Gasteiger partial charge in [-0.25, -0.2) is 4.68 Å². The maximum absolute atomic E-state index is 13.3. The van der Waals surface area contributed by atoms with Crippen LogP contribution in [0.25, 0.3) is 16.7 Å². The van der Waals surface area contributed by atoms with Crippen LogP contribution >= 0.6 is 0 Å². The van der Waals surface area contributed by atoms with E-state index >= 15 is 0 Å². The van der Waals surface area contributed by atoms with Gasteiger partial charge in [0.15, 0.2) is 5.65 Å². The highest BCUT2D eigenvalue weighted by molar-refractivity contribution is 5.89. The van der Waals surface area contributed by atoms with Gasteiger partial charge in [0.2, 0.25) is 11.9 Å². The van der Waals surface area contributed by atoms with Crippen LogP contribution in [0.2, 0.25) is 0 Å². The van der Waals surface area contributed by atoms with Crippen LogP contribution in [0.1, 0.15) is 12.0 Å². The number of aromatic nitrogens is 4. The Morgan fingerprint density at radius 2 is 1.94 bits per heavy atom. The normalized spacial score (nSPS) is 21.6. The zero-order valence-electron chi connectivity index (χ0n) is 19.3. The number of hydrogen-bond donors (Lipinski definition) is 2. The smallest absolute Gasteiger partial charge is 0.379 e. The molecule has 2 N–H and O–H groups in total. The van der Waals surface area contributed by atoms with Gasteiger partial charge in [-0.1, -0.05) is 6.07 Å². The molecule has 3 saturated heterocycles. The molecule has 0 bridgehead atoms. The van der Waals surface area contributed by atoms with Crippen LogP contribution in [-0.4, -0.2) is 88.6 Å². The molecule has 10 nitrogen and oxygen atoms in total. The minimum absolute atomic E-state index is 0.0566. The quantitative estimate of drug-likeness (QED) is 0.544. The maximum atomic E-state index is 13.3. The van der Waals surface area contributed by atoms with E-state index in [-0.39, 0.29) is 17.6 Å². The van der Waals surface area contributed by atoms with Crippen LogP contribution in [-0.2, 0) is 15.7 Å². The lowest BCUT2D eigenvalue weighted by molar-refractivity contribution is -0.137. The van der Waals surface area contributed by atoms with Gasteiger partial charge in [-0.3, -0.25) is 9.69 Å². The minimum atomic E-state index is -4.47. The fourth-order valence-electron chi connectivity index (χ4n) is 4.89. The monoisotopic (exact) mass is 502 g/mol. The second-order valence-corrected chi connectivity index (χ2v) is 9.27. The first-order valence-corrected chi connectivity index (χ1v) is 11.9. The number of fused-ring (bicyclic) bond motifs is 1. The SMILES string of the molecule is O=C1C[C@@H](Nc2nc(N3CC(N4CCOCC4)C3)c3cnn(-c4cccc(C(F)(F)F)c4)c3n2)CN1. The molecule has 3 aliphatic rings. The number of amides is 1. The van der Waals surface area contributed by atoms with E-state index in [0.717, 1.165) is 51.5 Å². The molecular weight excluding hydrogens is 477 g/mol. The number of halogens is 3. The molecule has 1 amide bonds. The third kappa shape index (κ3) is 4.32. The summed E-state index contributed by atoms with van der Waals surface area (Å²) in [7, 11) is 0. The largest absolute Gasteiger partial charge is 0.416 e. The van der Waals surface area contributed by atoms with Gasteiger partial charge >= 0.3 is 6.18 Å². The van der Waals surface area contributed by atoms with E-state index in [9.17, 15) is 18.0 Å². The lowest BCUT2D eigenvalue weighted by Crippen LogP contribution is -2.61. The van der Waals surface area contributed by atoms with Gasteiger partial charge in [-0.05, 0) is 18.2 Å². The van der Waals surface area contributed by atoms with E-state index in [1.165, 1.54) is 10.7 Å². The number of ether oxygens (including phenoxy) is 1. The summed E-state index contributed by atoms with van der Waals surface area (Å²) in [5, 5.41) is 11.0. The predicted octanol–water partition coefficient (Wildman–Crippen LogP) is 1.66. The molecule has 36 heavy (non-hydrogen) atoms. The topological polar surface area (TPSA) is 100 Å². The molecule has 190 valence electrons. The third-order valence-corrected chi connectivity index (χ3v) is 6.86. The van der Waals surface area contributed by atoms with Crippen molar-refractivity contribution in [2.45, 2.75) is 24.7 Å². The van der Waals surface area contributed by atoms with Gasteiger partial charge in [0.1, 0.15) is 5.82 Å². The minimum Gasteiger partial charge on any atom is -0.379 e. The summed E-state index contributed by atoms with van der Waals surface area (Å²) < 4.78 is 46.9. The Hall–Kier alpha value is -3.45. The number of morpholine rings is 1. The zero-order chi connectivity index (χ0) is 24.9. The molecule has 1 atom stereocenters. The van der Waals surface area contributed by atoms with Crippen molar-refractivity contribution in [1.29, 1.82) is 0 Å². The second-order valence-electron chi connectivity index (χ2n) is 9.27. The fourth-order valence-corrected chi connectivity index (χ4v) is 4.89. The van der Waals surface area contributed by atoms with Crippen molar-refractivity contribution in [2.75, 3.05) is 56.2 Å². The van der Waals surface area contributed by atoms with Crippen molar-refractivity contribution >= 4 is 28.7 Å². The van der Waals surface area contributed by atoms with Gasteiger partial charge in [0.25, 0.3) is 0 Å². The lowest BCUT2D eigenvalue weighted by atomic mass is 10.1. The summed E-state index contributed by atoms with van der Waals surface area (Å²) in [6, 6.07) is 5.20. The summed E-state index contributed by atoms with van der Waals surface area (Å²) in [6.07, 6.45) is -2.58. The second kappa shape index (κ2) is 8.89. The van der Waals surface area contributed by atoms with E-state index in [4.69, 9.17) is 9.72 Å². The molecule has 13 heteroatoms. The highest BCUT2D eigenvalue weighted by Crippen LogP contribution is 2.34. The number of alkyl halides is 3. The number of carbonyl (C=O) groups excluding carboxylic acids is 1. The van der Waals surface area contributed by atoms with Crippen molar-refractivity contribution in [3.63, 3.8) is 0 Å². The summed E-state index contributed by atoms with van der Waals surface area (Å²) >= 11 is 0. The van der Waals surface area contributed by atoms with Crippen LogP contribution in [0.3, 0.4) is 0 Å². The van der Waals surface area contributed by atoms with Gasteiger partial charge in [0, 0.05) is 45.2 Å². The third-order valence-electron chi connectivity index (χ3n) is 6.86. The molecule has 2 aromatic heterocycles. The average molecular weight is 503 g/mol. The molecule has 3 aromatic rings. The summed E-state index contributed by atoms with van der Waals surface area (Å²) in [5.41, 5.74) is -0.111. The van der Waals surface area contributed by atoms with E-state index in [2.05, 4.69) is 30.5 Å². The Bertz CT molecular complexity index is 1280. The van der Waals surface area contributed by atoms with Crippen LogP contribution in [0, 0.1) is 0 Å². The number of anilines is 2. The predicted molar refractivity (Wildman–Crippen MR) is 125 cm³/mol. The molecule has 0 radical (unpaired) electrons. The van der Waals surface area contributed by atoms with Crippen LogP contribution in [0.5, 0.6) is 0 Å². The fraction of sp³-hybridized carbons (Fsp3) is 0.478. The highest BCUT2D eigenvalue weighted by atomic mass is 19.4. The standard InChI is InChI=1S/C23H25F3N8O2/c24-23(25,26)14-2-1-3-16(8-14)34-21-18(11-28-34)20(30-22(31-21)29-15-9-19(35)27-10-15)33-12-17(13-33)32-4-6-36-7-5-32/h1-3,8,11,15,17H,4-7,9-10,12-13H2,(H,27,35)(H,29,30,31)/t15-/m1/s1. The lowest BCUT2D eigenvalue weighted by Gasteiger charge is -2.47. The Morgan fingerprint density at radius 3 is 2.67 bits per heavy atom.